The summed E-state index contributed by atoms with van der Waals surface area (Å²) in [5, 5.41) is 10.4. The molecule has 124 valence electrons. The van der Waals surface area contributed by atoms with E-state index in [9.17, 15) is 0 Å². The van der Waals surface area contributed by atoms with Gasteiger partial charge in [-0.2, -0.15) is 4.98 Å². The van der Waals surface area contributed by atoms with Gasteiger partial charge in [-0.3, -0.25) is 0 Å². The number of nitrogens with zero attached hydrogens (tertiary/aromatic N) is 3. The van der Waals surface area contributed by atoms with Crippen molar-refractivity contribution in [1.82, 2.24) is 20.8 Å². The van der Waals surface area contributed by atoms with Crippen LogP contribution in [-0.2, 0) is 13.0 Å². The number of aliphatic imine (C=N–C) groups is 1. The van der Waals surface area contributed by atoms with Crippen LogP contribution in [0.4, 0.5) is 0 Å². The highest BCUT2D eigenvalue weighted by atomic mass is 16.5. The average molecular weight is 315 g/mol. The quantitative estimate of drug-likeness (QED) is 0.632. The molecule has 0 aliphatic heterocycles. The van der Waals surface area contributed by atoms with Crippen molar-refractivity contribution >= 4 is 5.96 Å². The summed E-state index contributed by atoms with van der Waals surface area (Å²) in [6, 6.07) is 6.64. The molecule has 0 aliphatic rings. The molecule has 6 nitrogen and oxygen atoms in total. The second-order valence-electron chi connectivity index (χ2n) is 5.60. The van der Waals surface area contributed by atoms with Crippen molar-refractivity contribution in [2.24, 2.45) is 4.99 Å². The van der Waals surface area contributed by atoms with E-state index >= 15 is 0 Å². The molecule has 0 aliphatic carbocycles. The van der Waals surface area contributed by atoms with E-state index in [0.717, 1.165) is 25.5 Å². The van der Waals surface area contributed by atoms with Gasteiger partial charge in [-0.15, -0.1) is 0 Å². The zero-order chi connectivity index (χ0) is 16.7. The number of hydrogen-bond acceptors (Lipinski definition) is 4. The molecule has 23 heavy (non-hydrogen) atoms. The number of aromatic nitrogens is 2. The van der Waals surface area contributed by atoms with Crippen LogP contribution < -0.4 is 10.6 Å². The number of nitrogens with one attached hydrogen (secondary N) is 2. The highest BCUT2D eigenvalue weighted by Gasteiger charge is 2.03. The molecular formula is C17H25N5O. The van der Waals surface area contributed by atoms with Crippen molar-refractivity contribution in [1.29, 1.82) is 0 Å². The fraction of sp³-hybridized carbons (Fsp3) is 0.471. The molecule has 2 aromatic rings. The first-order valence-electron chi connectivity index (χ1n) is 7.95. The van der Waals surface area contributed by atoms with Gasteiger partial charge in [0.05, 0.1) is 0 Å². The van der Waals surface area contributed by atoms with Crippen molar-refractivity contribution in [2.75, 3.05) is 13.1 Å². The third kappa shape index (κ3) is 5.73. The predicted octanol–water partition coefficient (Wildman–Crippen LogP) is 2.29. The first-order valence-corrected chi connectivity index (χ1v) is 7.95. The Labute approximate surface area is 137 Å². The topological polar surface area (TPSA) is 75.3 Å². The molecule has 0 bridgehead atoms. The second-order valence-corrected chi connectivity index (χ2v) is 5.60. The third-order valence-corrected chi connectivity index (χ3v) is 3.28. The van der Waals surface area contributed by atoms with Crippen molar-refractivity contribution in [3.05, 3.63) is 46.6 Å². The van der Waals surface area contributed by atoms with Crippen molar-refractivity contribution < 1.29 is 4.52 Å². The van der Waals surface area contributed by atoms with E-state index in [4.69, 9.17) is 4.52 Å². The highest BCUT2D eigenvalue weighted by Crippen LogP contribution is 2.09. The standard InChI is InChI=1S/C17H25N5O/c1-5-18-17(20-11-16-21-14(4)23-22-16)19-7-6-15-9-12(2)8-13(3)10-15/h8-10H,5-7,11H2,1-4H3,(H2,18,19,20). The smallest absolute Gasteiger partial charge is 0.223 e. The minimum absolute atomic E-state index is 0.399. The molecule has 0 atom stereocenters. The lowest BCUT2D eigenvalue weighted by Gasteiger charge is -2.11. The van der Waals surface area contributed by atoms with Crippen LogP contribution in [0, 0.1) is 20.8 Å². The maximum absolute atomic E-state index is 4.95. The van der Waals surface area contributed by atoms with Crippen LogP contribution in [0.25, 0.3) is 0 Å². The maximum atomic E-state index is 4.95. The normalized spacial score (nSPS) is 11.6. The Kier molecular flexibility index (Phi) is 6.14. The Morgan fingerprint density at radius 2 is 1.87 bits per heavy atom. The average Bonchev–Trinajstić information content (AvgIpc) is 2.89. The Balaban J connectivity index is 1.88. The summed E-state index contributed by atoms with van der Waals surface area (Å²) in [5.41, 5.74) is 3.93. The third-order valence-electron chi connectivity index (χ3n) is 3.28. The molecule has 0 saturated heterocycles. The molecule has 1 aromatic carbocycles. The first kappa shape index (κ1) is 17.0. The van der Waals surface area contributed by atoms with E-state index in [1.54, 1.807) is 6.92 Å². The van der Waals surface area contributed by atoms with Crippen LogP contribution in [0.3, 0.4) is 0 Å². The summed E-state index contributed by atoms with van der Waals surface area (Å²) in [6.45, 7) is 10.1. The molecule has 1 aromatic heterocycles. The Hall–Kier alpha value is -2.37. The van der Waals surface area contributed by atoms with Gasteiger partial charge in [-0.05, 0) is 32.8 Å². The number of aryl methyl sites for hydroxylation is 3. The van der Waals surface area contributed by atoms with Crippen LogP contribution in [0.2, 0.25) is 0 Å². The second kappa shape index (κ2) is 8.31. The fourth-order valence-electron chi connectivity index (χ4n) is 2.44. The van der Waals surface area contributed by atoms with Gasteiger partial charge in [-0.25, -0.2) is 4.99 Å². The summed E-state index contributed by atoms with van der Waals surface area (Å²) in [7, 11) is 0. The Morgan fingerprint density at radius 1 is 1.13 bits per heavy atom. The summed E-state index contributed by atoms with van der Waals surface area (Å²) in [4.78, 5) is 8.62. The summed E-state index contributed by atoms with van der Waals surface area (Å²) >= 11 is 0. The fourth-order valence-corrected chi connectivity index (χ4v) is 2.44. The van der Waals surface area contributed by atoms with Gasteiger partial charge in [0.15, 0.2) is 11.8 Å². The van der Waals surface area contributed by atoms with Gasteiger partial charge in [0, 0.05) is 20.0 Å². The summed E-state index contributed by atoms with van der Waals surface area (Å²) in [5.74, 6) is 1.91. The lowest BCUT2D eigenvalue weighted by atomic mass is 10.1. The molecule has 0 unspecified atom stereocenters. The van der Waals surface area contributed by atoms with Gasteiger partial charge in [0.2, 0.25) is 5.89 Å². The molecule has 0 amide bonds. The van der Waals surface area contributed by atoms with Gasteiger partial charge >= 0.3 is 0 Å². The van der Waals surface area contributed by atoms with Crippen LogP contribution in [0.15, 0.2) is 27.7 Å². The number of guanidine groups is 1. The summed E-state index contributed by atoms with van der Waals surface area (Å²) in [6.07, 6.45) is 0.953. The zero-order valence-corrected chi connectivity index (χ0v) is 14.3. The largest absolute Gasteiger partial charge is 0.357 e. The highest BCUT2D eigenvalue weighted by molar-refractivity contribution is 5.79. The molecule has 0 fully saturated rings. The molecule has 1 heterocycles. The lowest BCUT2D eigenvalue weighted by molar-refractivity contribution is 0.387. The zero-order valence-electron chi connectivity index (χ0n) is 14.3. The van der Waals surface area contributed by atoms with E-state index in [-0.39, 0.29) is 0 Å². The Bertz CT molecular complexity index is 643. The summed E-state index contributed by atoms with van der Waals surface area (Å²) < 4.78 is 4.95. The van der Waals surface area contributed by atoms with Gasteiger partial charge < -0.3 is 15.2 Å². The van der Waals surface area contributed by atoms with E-state index in [2.05, 4.69) is 57.8 Å². The molecular weight excluding hydrogens is 290 g/mol. The van der Waals surface area contributed by atoms with Crippen LogP contribution >= 0.6 is 0 Å². The van der Waals surface area contributed by atoms with E-state index < -0.39 is 0 Å². The number of hydrogen-bond donors (Lipinski definition) is 2. The monoisotopic (exact) mass is 315 g/mol. The molecule has 0 saturated carbocycles. The minimum Gasteiger partial charge on any atom is -0.357 e. The number of benzene rings is 1. The molecule has 6 heteroatoms. The predicted molar refractivity (Wildman–Crippen MR) is 91.5 cm³/mol. The van der Waals surface area contributed by atoms with Gasteiger partial charge in [-0.1, -0.05) is 34.5 Å². The molecule has 0 radical (unpaired) electrons. The van der Waals surface area contributed by atoms with Crippen LogP contribution in [0.1, 0.15) is 35.3 Å². The van der Waals surface area contributed by atoms with Crippen LogP contribution in [0.5, 0.6) is 0 Å². The van der Waals surface area contributed by atoms with Crippen molar-refractivity contribution in [3.63, 3.8) is 0 Å². The molecule has 0 spiro atoms. The molecule has 2 rings (SSSR count). The SMILES string of the molecule is CCNC(=NCc1noc(C)n1)NCCc1cc(C)cc(C)c1. The van der Waals surface area contributed by atoms with Crippen molar-refractivity contribution in [3.8, 4) is 0 Å². The maximum Gasteiger partial charge on any atom is 0.223 e. The molecule has 2 N–H and O–H groups in total. The number of rotatable bonds is 6. The van der Waals surface area contributed by atoms with E-state index in [0.29, 0.717) is 18.3 Å². The van der Waals surface area contributed by atoms with Gasteiger partial charge in [0.1, 0.15) is 6.54 Å². The Morgan fingerprint density at radius 3 is 2.48 bits per heavy atom. The van der Waals surface area contributed by atoms with E-state index in [1.165, 1.54) is 16.7 Å². The first-order chi connectivity index (χ1) is 11.1. The van der Waals surface area contributed by atoms with E-state index in [1.807, 2.05) is 6.92 Å². The van der Waals surface area contributed by atoms with Gasteiger partial charge in [0.25, 0.3) is 0 Å². The van der Waals surface area contributed by atoms with Crippen LogP contribution in [-0.4, -0.2) is 29.2 Å². The van der Waals surface area contributed by atoms with Crippen molar-refractivity contribution in [2.45, 2.75) is 40.7 Å². The lowest BCUT2D eigenvalue weighted by Crippen LogP contribution is -2.38. The minimum atomic E-state index is 0.399.